The van der Waals surface area contributed by atoms with Crippen LogP contribution in [0.5, 0.6) is 11.5 Å². The zero-order valence-electron chi connectivity index (χ0n) is 15.5. The maximum atomic E-state index is 11.3. The van der Waals surface area contributed by atoms with E-state index in [9.17, 15) is 25.5 Å². The van der Waals surface area contributed by atoms with Crippen LogP contribution in [0.3, 0.4) is 0 Å². The molecular weight excluding hydrogens is 534 g/mol. The Morgan fingerprint density at radius 3 is 2.16 bits per heavy atom. The standard InChI is InChI=1S/C21H11Br2N3O5/c22-17-9-13(8-15(12-24)14-4-2-1-3-5-14)10-18(23)21(17)31-20-7-6-16(25(27)28)11-19(20)26(29)30/h1-11H/b15-8+. The molecule has 10 heteroatoms. The molecule has 3 aromatic carbocycles. The van der Waals surface area contributed by atoms with E-state index in [2.05, 4.69) is 37.9 Å². The summed E-state index contributed by atoms with van der Waals surface area (Å²) in [6.45, 7) is 0. The van der Waals surface area contributed by atoms with Crippen LogP contribution in [0.25, 0.3) is 11.6 Å². The van der Waals surface area contributed by atoms with Gasteiger partial charge in [-0.1, -0.05) is 30.3 Å². The minimum absolute atomic E-state index is 0.151. The molecule has 0 unspecified atom stereocenters. The molecule has 0 radical (unpaired) electrons. The summed E-state index contributed by atoms with van der Waals surface area (Å²) < 4.78 is 6.62. The Bertz CT molecular complexity index is 1230. The van der Waals surface area contributed by atoms with Gasteiger partial charge < -0.3 is 4.74 Å². The number of ether oxygens (including phenoxy) is 1. The van der Waals surface area contributed by atoms with Crippen molar-refractivity contribution in [3.63, 3.8) is 0 Å². The zero-order valence-corrected chi connectivity index (χ0v) is 18.7. The molecule has 0 aliphatic rings. The van der Waals surface area contributed by atoms with Crippen LogP contribution in [0.4, 0.5) is 11.4 Å². The first-order valence-electron chi connectivity index (χ1n) is 8.57. The van der Waals surface area contributed by atoms with Crippen LogP contribution in [0, 0.1) is 31.6 Å². The summed E-state index contributed by atoms with van der Waals surface area (Å²) in [6.07, 6.45) is 1.70. The lowest BCUT2D eigenvalue weighted by molar-refractivity contribution is -0.394. The fourth-order valence-corrected chi connectivity index (χ4v) is 4.07. The lowest BCUT2D eigenvalue weighted by atomic mass is 10.0. The summed E-state index contributed by atoms with van der Waals surface area (Å²) in [6, 6.07) is 17.9. The van der Waals surface area contributed by atoms with E-state index in [0.29, 0.717) is 20.1 Å². The third-order valence-corrected chi connectivity index (χ3v) is 5.28. The quantitative estimate of drug-likeness (QED) is 0.144. The molecular formula is C21H11Br2N3O5. The van der Waals surface area contributed by atoms with Crippen LogP contribution in [-0.2, 0) is 0 Å². The zero-order chi connectivity index (χ0) is 22.5. The van der Waals surface area contributed by atoms with Crippen molar-refractivity contribution in [1.29, 1.82) is 5.26 Å². The molecule has 0 aromatic heterocycles. The molecule has 0 heterocycles. The maximum Gasteiger partial charge on any atom is 0.318 e. The second-order valence-corrected chi connectivity index (χ2v) is 7.83. The molecule has 0 saturated carbocycles. The van der Waals surface area contributed by atoms with Crippen LogP contribution < -0.4 is 4.74 Å². The summed E-state index contributed by atoms with van der Waals surface area (Å²) >= 11 is 6.76. The van der Waals surface area contributed by atoms with Gasteiger partial charge in [-0.05, 0) is 67.3 Å². The largest absolute Gasteiger partial charge is 0.448 e. The summed E-state index contributed by atoms with van der Waals surface area (Å²) in [7, 11) is 0. The van der Waals surface area contributed by atoms with E-state index in [4.69, 9.17) is 4.74 Å². The molecule has 0 atom stereocenters. The van der Waals surface area contributed by atoms with E-state index in [1.54, 1.807) is 18.2 Å². The van der Waals surface area contributed by atoms with Gasteiger partial charge in [0.25, 0.3) is 5.69 Å². The molecule has 0 fully saturated rings. The molecule has 3 aromatic rings. The summed E-state index contributed by atoms with van der Waals surface area (Å²) in [5.74, 6) is 0.0922. The van der Waals surface area contributed by atoms with E-state index in [-0.39, 0.29) is 11.5 Å². The predicted molar refractivity (Wildman–Crippen MR) is 122 cm³/mol. The Labute approximate surface area is 192 Å². The second-order valence-electron chi connectivity index (χ2n) is 6.12. The Balaban J connectivity index is 1.99. The van der Waals surface area contributed by atoms with Crippen molar-refractivity contribution >= 4 is 54.9 Å². The topological polar surface area (TPSA) is 119 Å². The van der Waals surface area contributed by atoms with Gasteiger partial charge in [-0.2, -0.15) is 5.26 Å². The van der Waals surface area contributed by atoms with E-state index >= 15 is 0 Å². The number of nitro groups is 2. The minimum Gasteiger partial charge on any atom is -0.448 e. The molecule has 0 spiro atoms. The minimum atomic E-state index is -0.750. The molecule has 31 heavy (non-hydrogen) atoms. The molecule has 0 amide bonds. The van der Waals surface area contributed by atoms with Gasteiger partial charge in [0, 0.05) is 6.07 Å². The molecule has 3 rings (SSSR count). The van der Waals surface area contributed by atoms with Gasteiger partial charge in [0.15, 0.2) is 5.75 Å². The number of hydrogen-bond acceptors (Lipinski definition) is 6. The van der Waals surface area contributed by atoms with Crippen LogP contribution >= 0.6 is 31.9 Å². The van der Waals surface area contributed by atoms with Crippen molar-refractivity contribution in [3.8, 4) is 17.6 Å². The summed E-state index contributed by atoms with van der Waals surface area (Å²) in [4.78, 5) is 20.8. The Morgan fingerprint density at radius 2 is 1.61 bits per heavy atom. The Kier molecular flexibility index (Phi) is 6.79. The van der Waals surface area contributed by atoms with Crippen molar-refractivity contribution < 1.29 is 14.6 Å². The third-order valence-electron chi connectivity index (χ3n) is 4.10. The number of rotatable bonds is 6. The highest BCUT2D eigenvalue weighted by Gasteiger charge is 2.22. The monoisotopic (exact) mass is 543 g/mol. The first-order valence-corrected chi connectivity index (χ1v) is 10.2. The Morgan fingerprint density at radius 1 is 0.968 bits per heavy atom. The van der Waals surface area contributed by atoms with Crippen molar-refractivity contribution in [3.05, 3.63) is 101 Å². The van der Waals surface area contributed by atoms with Crippen LogP contribution in [0.1, 0.15) is 11.1 Å². The van der Waals surface area contributed by atoms with E-state index in [1.807, 2.05) is 30.3 Å². The number of non-ortho nitro benzene ring substituents is 1. The molecule has 154 valence electrons. The highest BCUT2D eigenvalue weighted by atomic mass is 79.9. The normalized spacial score (nSPS) is 10.9. The molecule has 0 aliphatic heterocycles. The number of hydrogen-bond donors (Lipinski definition) is 0. The fourth-order valence-electron chi connectivity index (χ4n) is 2.68. The third kappa shape index (κ3) is 5.14. The molecule has 0 aliphatic carbocycles. The lowest BCUT2D eigenvalue weighted by Crippen LogP contribution is -1.97. The Hall–Kier alpha value is -3.55. The van der Waals surface area contributed by atoms with Crippen molar-refractivity contribution in [2.45, 2.75) is 0 Å². The van der Waals surface area contributed by atoms with Gasteiger partial charge in [-0.15, -0.1) is 0 Å². The number of nitro benzene ring substituents is 2. The first-order chi connectivity index (χ1) is 14.8. The number of halogens is 2. The van der Waals surface area contributed by atoms with Crippen molar-refractivity contribution in [2.75, 3.05) is 0 Å². The maximum absolute atomic E-state index is 11.3. The van der Waals surface area contributed by atoms with Crippen molar-refractivity contribution in [2.24, 2.45) is 0 Å². The number of allylic oxidation sites excluding steroid dienone is 1. The molecule has 0 N–H and O–H groups in total. The highest BCUT2D eigenvalue weighted by Crippen LogP contribution is 2.42. The van der Waals surface area contributed by atoms with Gasteiger partial charge >= 0.3 is 5.69 Å². The predicted octanol–water partition coefficient (Wildman–Crippen LogP) is 6.88. The van der Waals surface area contributed by atoms with Crippen LogP contribution in [-0.4, -0.2) is 9.85 Å². The number of nitriles is 1. The smallest absolute Gasteiger partial charge is 0.318 e. The SMILES string of the molecule is N#C/C(=C\c1cc(Br)c(Oc2ccc([N+](=O)[O-])cc2[N+](=O)[O-])c(Br)c1)c1ccccc1. The van der Waals surface area contributed by atoms with Crippen LogP contribution in [0.2, 0.25) is 0 Å². The highest BCUT2D eigenvalue weighted by molar-refractivity contribution is 9.11. The number of nitrogens with zero attached hydrogens (tertiary/aromatic N) is 3. The summed E-state index contributed by atoms with van der Waals surface area (Å²) in [5, 5.41) is 31.7. The van der Waals surface area contributed by atoms with E-state index < -0.39 is 21.2 Å². The van der Waals surface area contributed by atoms with E-state index in [0.717, 1.165) is 17.7 Å². The van der Waals surface area contributed by atoms with Gasteiger partial charge in [0.2, 0.25) is 5.75 Å². The summed E-state index contributed by atoms with van der Waals surface area (Å²) in [5.41, 5.74) is 0.957. The van der Waals surface area contributed by atoms with Gasteiger partial charge in [-0.25, -0.2) is 0 Å². The van der Waals surface area contributed by atoms with Gasteiger partial charge in [0.1, 0.15) is 0 Å². The molecule has 0 bridgehead atoms. The number of benzene rings is 3. The first kappa shape index (κ1) is 22.1. The van der Waals surface area contributed by atoms with E-state index in [1.165, 1.54) is 6.07 Å². The van der Waals surface area contributed by atoms with Gasteiger partial charge in [0.05, 0.1) is 36.5 Å². The van der Waals surface area contributed by atoms with Gasteiger partial charge in [-0.3, -0.25) is 20.2 Å². The average molecular weight is 545 g/mol. The van der Waals surface area contributed by atoms with Crippen molar-refractivity contribution in [1.82, 2.24) is 0 Å². The molecule has 8 nitrogen and oxygen atoms in total. The van der Waals surface area contributed by atoms with Crippen LogP contribution in [0.15, 0.2) is 69.6 Å². The second kappa shape index (κ2) is 9.51. The average Bonchev–Trinajstić information content (AvgIpc) is 2.75. The fraction of sp³-hybridized carbons (Fsp3) is 0. The molecule has 0 saturated heterocycles. The lowest BCUT2D eigenvalue weighted by Gasteiger charge is -2.11.